The van der Waals surface area contributed by atoms with Crippen molar-refractivity contribution in [3.05, 3.63) is 11.6 Å². The van der Waals surface area contributed by atoms with Crippen molar-refractivity contribution in [3.63, 3.8) is 0 Å². The highest BCUT2D eigenvalue weighted by Gasteiger charge is 2.59. The first-order valence-electron chi connectivity index (χ1n) is 15.5. The molecule has 210 valence electrons. The number of ether oxygens (including phenoxy) is 1. The van der Waals surface area contributed by atoms with Crippen LogP contribution in [0.1, 0.15) is 125 Å². The van der Waals surface area contributed by atoms with Gasteiger partial charge in [0.05, 0.1) is 0 Å². The molecule has 37 heavy (non-hydrogen) atoms. The molecule has 0 aliphatic heterocycles. The summed E-state index contributed by atoms with van der Waals surface area (Å²) in [5.74, 6) is 3.74. The predicted molar refractivity (Wildman–Crippen MR) is 149 cm³/mol. The van der Waals surface area contributed by atoms with Crippen molar-refractivity contribution in [2.75, 3.05) is 0 Å². The van der Waals surface area contributed by atoms with Gasteiger partial charge in [0.15, 0.2) is 0 Å². The van der Waals surface area contributed by atoms with E-state index in [-0.39, 0.29) is 36.2 Å². The molecule has 0 aromatic carbocycles. The van der Waals surface area contributed by atoms with Gasteiger partial charge in [-0.15, -0.1) is 0 Å². The zero-order chi connectivity index (χ0) is 27.0. The summed E-state index contributed by atoms with van der Waals surface area (Å²) in [6.45, 7) is 14.2. The summed E-state index contributed by atoms with van der Waals surface area (Å²) in [6.07, 6.45) is 16.6. The molecule has 0 saturated heterocycles. The largest absolute Gasteiger partial charge is 0.481 e. The first-order chi connectivity index (χ1) is 17.4. The van der Waals surface area contributed by atoms with Crippen LogP contribution in [-0.4, -0.2) is 23.1 Å². The lowest BCUT2D eigenvalue weighted by Gasteiger charge is -2.58. The molecule has 0 spiro atoms. The van der Waals surface area contributed by atoms with Crippen LogP contribution in [0.2, 0.25) is 0 Å². The number of carbonyl (C=O) groups excluding carboxylic acids is 1. The van der Waals surface area contributed by atoms with Crippen LogP contribution in [0.15, 0.2) is 11.6 Å². The number of esters is 1. The number of allylic oxidation sites excluding steroid dienone is 1. The fraction of sp³-hybridized carbons (Fsp3) is 0.879. The molecule has 0 amide bonds. The summed E-state index contributed by atoms with van der Waals surface area (Å²) >= 11 is 0. The maximum Gasteiger partial charge on any atom is 0.306 e. The standard InChI is InChI=1S/C33H54O4/c1-21(2)8-7-9-23(4)27-12-13-28-26-11-10-24-20-25(37-31(36)19-22(3)18-30(34)35)14-16-32(24,5)29(26)15-17-33(27,28)6/h10,21-23,25-29H,7-9,11-20H2,1-6H3,(H,34,35)/t22?,23-,25?,26+,27-,28+,29+,32+,33-/m1/s1. The predicted octanol–water partition coefficient (Wildman–Crippen LogP) is 8.44. The molecular weight excluding hydrogens is 460 g/mol. The molecule has 4 aliphatic carbocycles. The number of rotatable bonds is 10. The van der Waals surface area contributed by atoms with Crippen LogP contribution in [0, 0.1) is 52.3 Å². The van der Waals surface area contributed by atoms with Crippen LogP contribution in [0.25, 0.3) is 0 Å². The third-order valence-electron chi connectivity index (χ3n) is 11.6. The molecule has 0 heterocycles. The Hall–Kier alpha value is -1.32. The molecule has 2 unspecified atom stereocenters. The maximum atomic E-state index is 12.5. The van der Waals surface area contributed by atoms with E-state index in [9.17, 15) is 9.59 Å². The number of carboxylic acid groups (broad SMARTS) is 1. The number of hydrogen-bond donors (Lipinski definition) is 1. The molecule has 4 heteroatoms. The van der Waals surface area contributed by atoms with Crippen LogP contribution >= 0.6 is 0 Å². The zero-order valence-electron chi connectivity index (χ0n) is 24.6. The van der Waals surface area contributed by atoms with Crippen molar-refractivity contribution in [1.29, 1.82) is 0 Å². The Morgan fingerprint density at radius 2 is 1.76 bits per heavy atom. The van der Waals surface area contributed by atoms with Crippen molar-refractivity contribution < 1.29 is 19.4 Å². The molecule has 0 radical (unpaired) electrons. The number of carboxylic acids is 1. The van der Waals surface area contributed by atoms with Crippen LogP contribution in [0.3, 0.4) is 0 Å². The van der Waals surface area contributed by atoms with Gasteiger partial charge in [0.25, 0.3) is 0 Å². The van der Waals surface area contributed by atoms with Crippen molar-refractivity contribution in [2.24, 2.45) is 52.3 Å². The van der Waals surface area contributed by atoms with E-state index >= 15 is 0 Å². The average molecular weight is 515 g/mol. The van der Waals surface area contributed by atoms with Crippen molar-refractivity contribution >= 4 is 11.9 Å². The van der Waals surface area contributed by atoms with Crippen molar-refractivity contribution in [3.8, 4) is 0 Å². The van der Waals surface area contributed by atoms with E-state index in [0.717, 1.165) is 54.8 Å². The lowest BCUT2D eigenvalue weighted by Crippen LogP contribution is -2.51. The second kappa shape index (κ2) is 11.4. The molecule has 3 fully saturated rings. The summed E-state index contributed by atoms with van der Waals surface area (Å²) in [6, 6.07) is 0. The third kappa shape index (κ3) is 5.98. The Morgan fingerprint density at radius 3 is 2.46 bits per heavy atom. The number of fused-ring (bicyclic) bond motifs is 5. The van der Waals surface area contributed by atoms with Crippen molar-refractivity contribution in [1.82, 2.24) is 0 Å². The van der Waals surface area contributed by atoms with Crippen molar-refractivity contribution in [2.45, 2.75) is 131 Å². The highest BCUT2D eigenvalue weighted by Crippen LogP contribution is 2.67. The first-order valence-corrected chi connectivity index (χ1v) is 15.5. The maximum absolute atomic E-state index is 12.5. The highest BCUT2D eigenvalue weighted by molar-refractivity contribution is 5.72. The average Bonchev–Trinajstić information content (AvgIpc) is 3.15. The molecule has 3 saturated carbocycles. The zero-order valence-corrected chi connectivity index (χ0v) is 24.6. The van der Waals surface area contributed by atoms with Gasteiger partial charge in [0.1, 0.15) is 6.10 Å². The molecular formula is C33H54O4. The van der Waals surface area contributed by atoms with Gasteiger partial charge >= 0.3 is 11.9 Å². The lowest BCUT2D eigenvalue weighted by molar-refractivity contribution is -0.152. The highest BCUT2D eigenvalue weighted by atomic mass is 16.5. The summed E-state index contributed by atoms with van der Waals surface area (Å²) < 4.78 is 5.87. The molecule has 4 rings (SSSR count). The molecule has 0 aromatic rings. The van der Waals surface area contributed by atoms with E-state index in [1.54, 1.807) is 0 Å². The minimum atomic E-state index is -0.853. The third-order valence-corrected chi connectivity index (χ3v) is 11.6. The van der Waals surface area contributed by atoms with Gasteiger partial charge in [-0.25, -0.2) is 0 Å². The van der Waals surface area contributed by atoms with Gasteiger partial charge in [0.2, 0.25) is 0 Å². The van der Waals surface area contributed by atoms with Gasteiger partial charge in [-0.2, -0.15) is 0 Å². The van der Waals surface area contributed by atoms with Gasteiger partial charge in [-0.05, 0) is 97.2 Å². The Labute approximate surface area is 226 Å². The first kappa shape index (κ1) is 28.7. The second-order valence-corrected chi connectivity index (χ2v) is 14.6. The topological polar surface area (TPSA) is 63.6 Å². The number of hydrogen-bond acceptors (Lipinski definition) is 3. The Morgan fingerprint density at radius 1 is 1.00 bits per heavy atom. The molecule has 1 N–H and O–H groups in total. The smallest absolute Gasteiger partial charge is 0.306 e. The SMILES string of the molecule is CC(C)CCC[C@@H](C)[C@H]1CC[C@H]2[C@@H]3CC=C4CC(OC(=O)CC(C)CC(=O)O)CC[C@]4(C)[C@H]3CC[C@]12C. The van der Waals surface area contributed by atoms with Gasteiger partial charge in [-0.3, -0.25) is 9.59 Å². The summed E-state index contributed by atoms with van der Waals surface area (Å²) in [4.78, 5) is 23.4. The fourth-order valence-corrected chi connectivity index (χ4v) is 9.64. The fourth-order valence-electron chi connectivity index (χ4n) is 9.64. The quantitative estimate of drug-likeness (QED) is 0.235. The summed E-state index contributed by atoms with van der Waals surface area (Å²) in [5, 5.41) is 8.98. The Bertz CT molecular complexity index is 860. The Kier molecular flexibility index (Phi) is 8.86. The van der Waals surface area contributed by atoms with Gasteiger partial charge in [0, 0.05) is 19.3 Å². The molecule has 0 aromatic heterocycles. The minimum Gasteiger partial charge on any atom is -0.481 e. The van der Waals surface area contributed by atoms with Crippen LogP contribution < -0.4 is 0 Å². The second-order valence-electron chi connectivity index (χ2n) is 14.6. The number of aliphatic carboxylic acids is 1. The molecule has 4 aliphatic rings. The van der Waals surface area contributed by atoms with Gasteiger partial charge in [-0.1, -0.05) is 72.5 Å². The molecule has 0 bridgehead atoms. The van der Waals surface area contributed by atoms with E-state index in [1.807, 2.05) is 6.92 Å². The lowest BCUT2D eigenvalue weighted by atomic mass is 9.47. The van der Waals surface area contributed by atoms with E-state index in [1.165, 1.54) is 56.9 Å². The number of carbonyl (C=O) groups is 2. The minimum absolute atomic E-state index is 0.0176. The van der Waals surface area contributed by atoms with Crippen LogP contribution in [0.5, 0.6) is 0 Å². The monoisotopic (exact) mass is 514 g/mol. The van der Waals surface area contributed by atoms with E-state index in [2.05, 4.69) is 40.7 Å². The van der Waals surface area contributed by atoms with Crippen LogP contribution in [0.4, 0.5) is 0 Å². The van der Waals surface area contributed by atoms with Crippen LogP contribution in [-0.2, 0) is 14.3 Å². The summed E-state index contributed by atoms with van der Waals surface area (Å²) in [5.41, 5.74) is 2.31. The van der Waals surface area contributed by atoms with E-state index in [4.69, 9.17) is 9.84 Å². The van der Waals surface area contributed by atoms with Gasteiger partial charge < -0.3 is 9.84 Å². The normalized spacial score (nSPS) is 38.7. The van der Waals surface area contributed by atoms with E-state index < -0.39 is 5.97 Å². The summed E-state index contributed by atoms with van der Waals surface area (Å²) in [7, 11) is 0. The van der Waals surface area contributed by atoms with E-state index in [0.29, 0.717) is 5.41 Å². The Balaban J connectivity index is 1.38. The molecule has 4 nitrogen and oxygen atoms in total. The molecule has 9 atom stereocenters.